The van der Waals surface area contributed by atoms with Gasteiger partial charge in [-0.15, -0.1) is 0 Å². The third kappa shape index (κ3) is 4.79. The van der Waals surface area contributed by atoms with E-state index < -0.39 is 22.9 Å². The number of benzene rings is 3. The number of ether oxygens (including phenoxy) is 1. The number of aromatic hydroxyl groups is 1. The number of phenols is 1. The Morgan fingerprint density at radius 1 is 0.974 bits per heavy atom. The molecular weight excluding hydrogens is 504 g/mol. The first-order valence-corrected chi connectivity index (χ1v) is 11.9. The number of fused-ring (bicyclic) bond motifs is 1. The summed E-state index contributed by atoms with van der Waals surface area (Å²) in [6, 6.07) is 14.6. The van der Waals surface area contributed by atoms with E-state index in [1.54, 1.807) is 18.2 Å². The summed E-state index contributed by atoms with van der Waals surface area (Å²) in [5, 5.41) is 10.5. The first-order valence-electron chi connectivity index (χ1n) is 11.9. The molecule has 1 N–H and O–H groups in total. The lowest BCUT2D eigenvalue weighted by Gasteiger charge is -2.36. The fourth-order valence-corrected chi connectivity index (χ4v) is 4.79. The molecule has 10 heteroatoms. The molecule has 0 bridgehead atoms. The molecule has 6 nitrogen and oxygen atoms in total. The average Bonchev–Trinajstić information content (AvgIpc) is 2.90. The Balaban J connectivity index is 1.53. The largest absolute Gasteiger partial charge is 0.507 e. The molecule has 0 atom stereocenters. The van der Waals surface area contributed by atoms with Gasteiger partial charge in [0.05, 0.1) is 23.6 Å². The fourth-order valence-electron chi connectivity index (χ4n) is 4.79. The van der Waals surface area contributed by atoms with Crippen molar-refractivity contribution in [3.63, 3.8) is 0 Å². The summed E-state index contributed by atoms with van der Waals surface area (Å²) in [5.74, 6) is -1.94. The van der Waals surface area contributed by atoms with Gasteiger partial charge in [-0.05, 0) is 42.5 Å². The standard InChI is InChI=1S/C28H24F4N2O4/c1-37-23-5-3-2-4-19(23)24-25(36)20-10-11-22(35)21(26(20)38-27(24)28(30,31)32)16-33-12-14-34(15-13-33)18-8-6-17(29)7-9-18/h2-11,35H,12-16H2,1H3. The zero-order valence-corrected chi connectivity index (χ0v) is 20.4. The summed E-state index contributed by atoms with van der Waals surface area (Å²) in [7, 11) is 1.31. The molecule has 0 unspecified atom stereocenters. The van der Waals surface area contributed by atoms with E-state index in [0.717, 1.165) is 5.69 Å². The van der Waals surface area contributed by atoms with Crippen LogP contribution in [0, 0.1) is 5.82 Å². The molecule has 0 spiro atoms. The maximum atomic E-state index is 14.2. The molecule has 0 radical (unpaired) electrons. The summed E-state index contributed by atoms with van der Waals surface area (Å²) in [4.78, 5) is 17.5. The van der Waals surface area contributed by atoms with Crippen LogP contribution in [0.2, 0.25) is 0 Å². The molecule has 5 rings (SSSR count). The van der Waals surface area contributed by atoms with Gasteiger partial charge in [0.1, 0.15) is 22.9 Å². The Morgan fingerprint density at radius 3 is 2.32 bits per heavy atom. The van der Waals surface area contributed by atoms with Crippen LogP contribution in [0.25, 0.3) is 22.1 Å². The van der Waals surface area contributed by atoms with Crippen LogP contribution in [0.4, 0.5) is 23.2 Å². The van der Waals surface area contributed by atoms with Gasteiger partial charge in [0.25, 0.3) is 0 Å². The van der Waals surface area contributed by atoms with Gasteiger partial charge in [-0.2, -0.15) is 13.2 Å². The van der Waals surface area contributed by atoms with E-state index >= 15 is 0 Å². The minimum absolute atomic E-state index is 0.0375. The third-order valence-corrected chi connectivity index (χ3v) is 6.72. The number of rotatable bonds is 5. The van der Waals surface area contributed by atoms with Crippen molar-refractivity contribution in [2.75, 3.05) is 38.2 Å². The second-order valence-corrected chi connectivity index (χ2v) is 9.01. The van der Waals surface area contributed by atoms with E-state index in [-0.39, 0.29) is 46.0 Å². The van der Waals surface area contributed by atoms with Crippen LogP contribution in [0.5, 0.6) is 11.5 Å². The SMILES string of the molecule is COc1ccccc1-c1c(C(F)(F)F)oc2c(CN3CCN(c4ccc(F)cc4)CC3)c(O)ccc2c1=O. The lowest BCUT2D eigenvalue weighted by Crippen LogP contribution is -2.46. The molecule has 38 heavy (non-hydrogen) atoms. The van der Waals surface area contributed by atoms with E-state index in [1.807, 2.05) is 4.90 Å². The number of phenolic OH excluding ortho intramolecular Hbond substituents is 1. The number of piperazine rings is 1. The Bertz CT molecular complexity index is 1530. The zero-order chi connectivity index (χ0) is 27.0. The van der Waals surface area contributed by atoms with Gasteiger partial charge in [0.2, 0.25) is 11.2 Å². The highest BCUT2D eigenvalue weighted by atomic mass is 19.4. The van der Waals surface area contributed by atoms with Gasteiger partial charge in [-0.25, -0.2) is 4.39 Å². The highest BCUT2D eigenvalue weighted by Gasteiger charge is 2.40. The summed E-state index contributed by atoms with van der Waals surface area (Å²) >= 11 is 0. The molecule has 1 aromatic heterocycles. The van der Waals surface area contributed by atoms with Crippen LogP contribution in [-0.2, 0) is 12.7 Å². The van der Waals surface area contributed by atoms with Crippen LogP contribution in [-0.4, -0.2) is 43.3 Å². The minimum atomic E-state index is -4.98. The molecule has 0 amide bonds. The van der Waals surface area contributed by atoms with Crippen molar-refractivity contribution in [1.29, 1.82) is 0 Å². The molecule has 1 aliphatic heterocycles. The monoisotopic (exact) mass is 528 g/mol. The fraction of sp³-hybridized carbons (Fsp3) is 0.250. The highest BCUT2D eigenvalue weighted by Crippen LogP contribution is 2.41. The molecule has 3 aromatic carbocycles. The second-order valence-electron chi connectivity index (χ2n) is 9.01. The van der Waals surface area contributed by atoms with Crippen LogP contribution < -0.4 is 15.1 Å². The topological polar surface area (TPSA) is 66.2 Å². The molecule has 2 heterocycles. The number of methoxy groups -OCH3 is 1. The van der Waals surface area contributed by atoms with E-state index in [0.29, 0.717) is 26.2 Å². The van der Waals surface area contributed by atoms with Crippen LogP contribution in [0.15, 0.2) is 69.9 Å². The molecule has 1 aliphatic rings. The number of hydrogen-bond donors (Lipinski definition) is 1. The molecular formula is C28H24F4N2O4. The van der Waals surface area contributed by atoms with Crippen molar-refractivity contribution in [3.8, 4) is 22.6 Å². The average molecular weight is 529 g/mol. The predicted molar refractivity (Wildman–Crippen MR) is 135 cm³/mol. The first-order chi connectivity index (χ1) is 18.2. The van der Waals surface area contributed by atoms with Crippen LogP contribution >= 0.6 is 0 Å². The summed E-state index contributed by atoms with van der Waals surface area (Å²) in [6.07, 6.45) is -4.98. The van der Waals surface area contributed by atoms with Crippen LogP contribution in [0.1, 0.15) is 11.3 Å². The van der Waals surface area contributed by atoms with Crippen molar-refractivity contribution in [2.24, 2.45) is 0 Å². The number of anilines is 1. The van der Waals surface area contributed by atoms with Gasteiger partial charge >= 0.3 is 6.18 Å². The zero-order valence-electron chi connectivity index (χ0n) is 20.4. The number of para-hydroxylation sites is 1. The maximum absolute atomic E-state index is 14.2. The number of alkyl halides is 3. The molecule has 0 aliphatic carbocycles. The highest BCUT2D eigenvalue weighted by molar-refractivity contribution is 5.88. The maximum Gasteiger partial charge on any atom is 0.450 e. The van der Waals surface area contributed by atoms with Crippen molar-refractivity contribution in [3.05, 3.63) is 88.0 Å². The van der Waals surface area contributed by atoms with E-state index in [9.17, 15) is 27.5 Å². The summed E-state index contributed by atoms with van der Waals surface area (Å²) < 4.78 is 66.6. The lowest BCUT2D eigenvalue weighted by molar-refractivity contribution is -0.152. The van der Waals surface area contributed by atoms with Crippen molar-refractivity contribution in [2.45, 2.75) is 12.7 Å². The Hall–Kier alpha value is -4.05. The lowest BCUT2D eigenvalue weighted by atomic mass is 9.99. The van der Waals surface area contributed by atoms with Crippen molar-refractivity contribution in [1.82, 2.24) is 4.90 Å². The normalized spacial score (nSPS) is 14.7. The number of halogens is 4. The third-order valence-electron chi connectivity index (χ3n) is 6.72. The quantitative estimate of drug-likeness (QED) is 0.338. The van der Waals surface area contributed by atoms with E-state index in [2.05, 4.69) is 4.90 Å². The van der Waals surface area contributed by atoms with Gasteiger partial charge in [0.15, 0.2) is 0 Å². The Labute approximate surface area is 215 Å². The van der Waals surface area contributed by atoms with E-state index in [1.165, 1.54) is 49.6 Å². The Morgan fingerprint density at radius 2 is 1.66 bits per heavy atom. The predicted octanol–water partition coefficient (Wildman–Crippen LogP) is 5.65. The van der Waals surface area contributed by atoms with Crippen LogP contribution in [0.3, 0.4) is 0 Å². The number of hydrogen-bond acceptors (Lipinski definition) is 6. The molecule has 4 aromatic rings. The van der Waals surface area contributed by atoms with Gasteiger partial charge < -0.3 is 19.2 Å². The molecule has 0 saturated carbocycles. The second kappa shape index (κ2) is 10.0. The van der Waals surface area contributed by atoms with Gasteiger partial charge in [-0.3, -0.25) is 9.69 Å². The molecule has 1 fully saturated rings. The Kier molecular flexibility index (Phi) is 6.75. The van der Waals surface area contributed by atoms with Gasteiger partial charge in [0, 0.05) is 44.0 Å². The summed E-state index contributed by atoms with van der Waals surface area (Å²) in [6.45, 7) is 2.32. The van der Waals surface area contributed by atoms with Crippen molar-refractivity contribution < 1.29 is 31.8 Å². The minimum Gasteiger partial charge on any atom is -0.507 e. The molecule has 198 valence electrons. The summed E-state index contributed by atoms with van der Waals surface area (Å²) in [5.41, 5.74) is -0.889. The van der Waals surface area contributed by atoms with Gasteiger partial charge in [-0.1, -0.05) is 18.2 Å². The smallest absolute Gasteiger partial charge is 0.450 e. The van der Waals surface area contributed by atoms with Crippen molar-refractivity contribution >= 4 is 16.7 Å². The number of nitrogens with zero attached hydrogens (tertiary/aromatic N) is 2. The first kappa shape index (κ1) is 25.6. The molecule has 1 saturated heterocycles. The van der Waals surface area contributed by atoms with E-state index in [4.69, 9.17) is 9.15 Å².